The van der Waals surface area contributed by atoms with Gasteiger partial charge in [0.05, 0.1) is 16.8 Å². The lowest BCUT2D eigenvalue weighted by Crippen LogP contribution is -2.28. The quantitative estimate of drug-likeness (QED) is 0.466. The molecule has 0 radical (unpaired) electrons. The summed E-state index contributed by atoms with van der Waals surface area (Å²) < 4.78 is 32.8. The van der Waals surface area contributed by atoms with Gasteiger partial charge in [0.15, 0.2) is 19.8 Å². The lowest BCUT2D eigenvalue weighted by Gasteiger charge is -2.06. The van der Waals surface area contributed by atoms with Crippen LogP contribution in [0, 0.1) is 6.92 Å². The second-order valence-corrected chi connectivity index (χ2v) is 10.6. The van der Waals surface area contributed by atoms with Crippen molar-refractivity contribution < 1.29 is 22.7 Å². The lowest BCUT2D eigenvalue weighted by atomic mass is 10.2. The van der Waals surface area contributed by atoms with Gasteiger partial charge in [0.25, 0.3) is 5.91 Å². The smallest absolute Gasteiger partial charge is 0.263 e. The zero-order chi connectivity index (χ0) is 22.4. The number of anilines is 1. The molecule has 1 aromatic carbocycles. The second-order valence-electron chi connectivity index (χ2n) is 6.63. The molecule has 0 aliphatic carbocycles. The Hall–Kier alpha value is -2.41. The molecular formula is C19H22N4O5S3. The molecule has 0 atom stereocenters. The molecule has 0 fully saturated rings. The van der Waals surface area contributed by atoms with Gasteiger partial charge in [0.1, 0.15) is 11.5 Å². The largest absolute Gasteiger partial charge is 0.380 e. The normalized spacial score (nSPS) is 12.4. The van der Waals surface area contributed by atoms with Gasteiger partial charge in [-0.2, -0.15) is 4.99 Å². The number of hydrogen-bond donors (Lipinski definition) is 1. The molecule has 0 spiro atoms. The third-order valence-corrected chi connectivity index (χ3v) is 7.21. The number of aryl methyl sites for hydroxylation is 1. The highest BCUT2D eigenvalue weighted by atomic mass is 32.2. The highest BCUT2D eigenvalue weighted by Crippen LogP contribution is 2.19. The number of nitrogens with zero attached hydrogens (tertiary/aromatic N) is 3. The Morgan fingerprint density at radius 2 is 2.10 bits per heavy atom. The topological polar surface area (TPSA) is 120 Å². The van der Waals surface area contributed by atoms with Gasteiger partial charge in [-0.25, -0.2) is 13.4 Å². The van der Waals surface area contributed by atoms with Crippen LogP contribution in [0.25, 0.3) is 10.2 Å². The maximum Gasteiger partial charge on any atom is 0.263 e. The summed E-state index contributed by atoms with van der Waals surface area (Å²) in [6.07, 6.45) is 1.49. The number of ether oxygens (including phenoxy) is 1. The Labute approximate surface area is 187 Å². The van der Waals surface area contributed by atoms with Crippen molar-refractivity contribution in [3.63, 3.8) is 0 Å². The van der Waals surface area contributed by atoms with E-state index in [4.69, 9.17) is 4.74 Å². The van der Waals surface area contributed by atoms with Crippen molar-refractivity contribution >= 4 is 59.7 Å². The summed E-state index contributed by atoms with van der Waals surface area (Å²) in [4.78, 5) is 32.7. The van der Waals surface area contributed by atoms with Crippen LogP contribution < -0.4 is 10.1 Å². The summed E-state index contributed by atoms with van der Waals surface area (Å²) in [5.74, 6) is -3.23. The highest BCUT2D eigenvalue weighted by molar-refractivity contribution is 7.92. The number of sulfone groups is 1. The Balaban J connectivity index is 1.78. The molecule has 9 nitrogen and oxygen atoms in total. The molecule has 3 aromatic rings. The van der Waals surface area contributed by atoms with Gasteiger partial charge in [0, 0.05) is 24.7 Å². The molecule has 1 N–H and O–H groups in total. The first-order chi connectivity index (χ1) is 14.8. The van der Waals surface area contributed by atoms with E-state index >= 15 is 0 Å². The van der Waals surface area contributed by atoms with Crippen molar-refractivity contribution in [3.05, 3.63) is 40.1 Å². The summed E-state index contributed by atoms with van der Waals surface area (Å²) in [6, 6.07) is 5.89. The Morgan fingerprint density at radius 3 is 2.81 bits per heavy atom. The van der Waals surface area contributed by atoms with Crippen molar-refractivity contribution in [1.82, 2.24) is 9.55 Å². The monoisotopic (exact) mass is 482 g/mol. The Morgan fingerprint density at radius 1 is 1.29 bits per heavy atom. The van der Waals surface area contributed by atoms with E-state index in [1.165, 1.54) is 28.9 Å². The number of hydrogen-bond acceptors (Lipinski definition) is 8. The molecule has 0 saturated carbocycles. The predicted octanol–water partition coefficient (Wildman–Crippen LogP) is 1.99. The van der Waals surface area contributed by atoms with Gasteiger partial charge < -0.3 is 14.6 Å². The second kappa shape index (κ2) is 10.3. The number of rotatable bonds is 9. The maximum absolute atomic E-state index is 12.4. The number of thiazole rings is 2. The zero-order valence-corrected chi connectivity index (χ0v) is 19.5. The minimum Gasteiger partial charge on any atom is -0.380 e. The van der Waals surface area contributed by atoms with E-state index < -0.39 is 33.2 Å². The third kappa shape index (κ3) is 6.53. The number of fused-ring (bicyclic) bond motifs is 1. The number of carbonyl (C=O) groups is 2. The van der Waals surface area contributed by atoms with Crippen LogP contribution in [0.5, 0.6) is 0 Å². The third-order valence-electron chi connectivity index (χ3n) is 4.10. The van der Waals surface area contributed by atoms with Crippen LogP contribution in [-0.2, 0) is 30.7 Å². The minimum absolute atomic E-state index is 0.298. The van der Waals surface area contributed by atoms with Crippen molar-refractivity contribution in [2.24, 2.45) is 4.99 Å². The first-order valence-electron chi connectivity index (χ1n) is 9.42. The predicted molar refractivity (Wildman–Crippen MR) is 121 cm³/mol. The van der Waals surface area contributed by atoms with Crippen LogP contribution in [0.15, 0.2) is 34.8 Å². The number of benzene rings is 1. The van der Waals surface area contributed by atoms with Crippen LogP contribution >= 0.6 is 22.7 Å². The van der Waals surface area contributed by atoms with Crippen LogP contribution in [-0.4, -0.2) is 54.5 Å². The number of carbonyl (C=O) groups excluding carboxylic acids is 2. The van der Waals surface area contributed by atoms with Gasteiger partial charge in [-0.1, -0.05) is 17.4 Å². The summed E-state index contributed by atoms with van der Waals surface area (Å²) in [5, 5.41) is 4.34. The molecule has 0 aliphatic rings. The average molecular weight is 483 g/mol. The van der Waals surface area contributed by atoms with Crippen molar-refractivity contribution in [2.75, 3.05) is 30.0 Å². The summed E-state index contributed by atoms with van der Waals surface area (Å²) in [7, 11) is -3.98. The average Bonchev–Trinajstić information content (AvgIpc) is 3.28. The van der Waals surface area contributed by atoms with Crippen LogP contribution in [0.4, 0.5) is 5.13 Å². The van der Waals surface area contributed by atoms with Gasteiger partial charge in [0.2, 0.25) is 5.91 Å². The lowest BCUT2D eigenvalue weighted by molar-refractivity contribution is -0.115. The summed E-state index contributed by atoms with van der Waals surface area (Å²) in [6.45, 7) is 5.34. The van der Waals surface area contributed by atoms with E-state index in [9.17, 15) is 18.0 Å². The molecular weight excluding hydrogens is 460 g/mol. The fraction of sp³-hybridized carbons (Fsp3) is 0.368. The van der Waals surface area contributed by atoms with Crippen LogP contribution in [0.2, 0.25) is 0 Å². The van der Waals surface area contributed by atoms with Gasteiger partial charge >= 0.3 is 0 Å². The molecule has 2 aromatic heterocycles. The minimum atomic E-state index is -3.98. The van der Waals surface area contributed by atoms with Gasteiger partial charge in [-0.05, 0) is 31.5 Å². The van der Waals surface area contributed by atoms with Crippen LogP contribution in [0.3, 0.4) is 0 Å². The van der Waals surface area contributed by atoms with Crippen molar-refractivity contribution in [1.29, 1.82) is 0 Å². The number of aromatic nitrogens is 2. The van der Waals surface area contributed by atoms with Gasteiger partial charge in [-0.3, -0.25) is 9.59 Å². The fourth-order valence-corrected chi connectivity index (χ4v) is 5.53. The zero-order valence-electron chi connectivity index (χ0n) is 17.0. The molecule has 0 bridgehead atoms. The standard InChI is InChI=1S/C19H22N4O5S3/c1-3-28-8-7-23-14-5-4-13(2)10-15(14)30-19(23)22-17(25)12-31(26,27)11-16(24)21-18-20-6-9-29-18/h4-6,9-10H,3,7-8,11-12H2,1-2H3,(H,20,21,24). The SMILES string of the molecule is CCOCCn1c(=NC(=O)CS(=O)(=O)CC(=O)Nc2nccs2)sc2cc(C)ccc21. The molecule has 2 amide bonds. The first-order valence-corrected chi connectivity index (χ1v) is 12.9. The molecule has 2 heterocycles. The molecule has 166 valence electrons. The molecule has 0 aliphatic heterocycles. The highest BCUT2D eigenvalue weighted by Gasteiger charge is 2.21. The van der Waals surface area contributed by atoms with Crippen molar-refractivity contribution in [2.45, 2.75) is 20.4 Å². The van der Waals surface area contributed by atoms with E-state index in [2.05, 4.69) is 15.3 Å². The molecule has 3 rings (SSSR count). The van der Waals surface area contributed by atoms with E-state index in [0.717, 1.165) is 15.8 Å². The van der Waals surface area contributed by atoms with E-state index in [-0.39, 0.29) is 0 Å². The maximum atomic E-state index is 12.4. The summed E-state index contributed by atoms with van der Waals surface area (Å²) in [5.41, 5.74) is 1.96. The molecule has 31 heavy (non-hydrogen) atoms. The van der Waals surface area contributed by atoms with E-state index in [0.29, 0.717) is 29.7 Å². The van der Waals surface area contributed by atoms with E-state index in [1.807, 2.05) is 36.6 Å². The Bertz CT molecular complexity index is 1240. The molecule has 0 unspecified atom stereocenters. The molecule has 12 heteroatoms. The van der Waals surface area contributed by atoms with Gasteiger partial charge in [-0.15, -0.1) is 11.3 Å². The summed E-state index contributed by atoms with van der Waals surface area (Å²) >= 11 is 2.48. The van der Waals surface area contributed by atoms with Crippen molar-refractivity contribution in [3.8, 4) is 0 Å². The van der Waals surface area contributed by atoms with Crippen LogP contribution in [0.1, 0.15) is 12.5 Å². The number of nitrogens with one attached hydrogen (secondary N) is 1. The van der Waals surface area contributed by atoms with E-state index in [1.54, 1.807) is 5.38 Å². The fourth-order valence-electron chi connectivity index (χ4n) is 2.80. The Kier molecular flexibility index (Phi) is 7.70. The first kappa shape index (κ1) is 23.3. The number of amides is 2. The molecule has 0 saturated heterocycles.